The molecule has 0 aliphatic rings. The molecule has 4 rings (SSSR count). The van der Waals surface area contributed by atoms with Crippen LogP contribution in [-0.4, -0.2) is 46.3 Å². The molecule has 1 N–H and O–H groups in total. The molecule has 25 heavy (non-hydrogen) atoms. The van der Waals surface area contributed by atoms with Crippen molar-refractivity contribution in [1.82, 2.24) is 40.4 Å². The lowest BCUT2D eigenvalue weighted by molar-refractivity contribution is 0.102. The standard InChI is InChI=1S/C15H11N9O/c25-15(11-2-1-3-14(8-11)24-10-17-20-22-24)18-12-4-6-13(7-5-12)23-9-16-19-21-23/h1-10H,(H,18,25). The third-order valence-electron chi connectivity index (χ3n) is 3.46. The Kier molecular flexibility index (Phi) is 3.67. The van der Waals surface area contributed by atoms with E-state index in [9.17, 15) is 4.79 Å². The third kappa shape index (κ3) is 3.08. The third-order valence-corrected chi connectivity index (χ3v) is 3.46. The maximum absolute atomic E-state index is 12.4. The predicted molar refractivity (Wildman–Crippen MR) is 86.3 cm³/mol. The van der Waals surface area contributed by atoms with Crippen LogP contribution in [0.15, 0.2) is 61.2 Å². The monoisotopic (exact) mass is 333 g/mol. The topological polar surface area (TPSA) is 116 Å². The van der Waals surface area contributed by atoms with Gasteiger partial charge in [0.05, 0.1) is 11.4 Å². The van der Waals surface area contributed by atoms with Gasteiger partial charge in [-0.15, -0.1) is 10.2 Å². The molecule has 0 atom stereocenters. The quantitative estimate of drug-likeness (QED) is 0.589. The molecule has 0 radical (unpaired) electrons. The summed E-state index contributed by atoms with van der Waals surface area (Å²) in [7, 11) is 0. The number of amides is 1. The molecule has 0 fully saturated rings. The summed E-state index contributed by atoms with van der Waals surface area (Å²) in [4.78, 5) is 12.4. The maximum Gasteiger partial charge on any atom is 0.255 e. The molecule has 10 heteroatoms. The molecule has 0 unspecified atom stereocenters. The predicted octanol–water partition coefficient (Wildman–Crippen LogP) is 0.890. The Morgan fingerprint density at radius 3 is 2.16 bits per heavy atom. The highest BCUT2D eigenvalue weighted by Gasteiger charge is 2.08. The second-order valence-corrected chi connectivity index (χ2v) is 5.06. The molecule has 0 saturated carbocycles. The van der Waals surface area contributed by atoms with Crippen LogP contribution >= 0.6 is 0 Å². The summed E-state index contributed by atoms with van der Waals surface area (Å²) in [5.74, 6) is -0.231. The molecule has 122 valence electrons. The van der Waals surface area contributed by atoms with Crippen LogP contribution in [0.3, 0.4) is 0 Å². The normalized spacial score (nSPS) is 10.6. The Hall–Kier alpha value is -3.95. The number of carbonyl (C=O) groups is 1. The van der Waals surface area contributed by atoms with Gasteiger partial charge in [0, 0.05) is 11.3 Å². The van der Waals surface area contributed by atoms with Crippen molar-refractivity contribution in [2.24, 2.45) is 0 Å². The average molecular weight is 333 g/mol. The smallest absolute Gasteiger partial charge is 0.255 e. The molecular weight excluding hydrogens is 322 g/mol. The van der Waals surface area contributed by atoms with Crippen LogP contribution in [0.4, 0.5) is 5.69 Å². The molecule has 0 aliphatic carbocycles. The summed E-state index contributed by atoms with van der Waals surface area (Å²) in [5.41, 5.74) is 2.66. The molecule has 0 bridgehead atoms. The summed E-state index contributed by atoms with van der Waals surface area (Å²) < 4.78 is 3.01. The van der Waals surface area contributed by atoms with E-state index in [2.05, 4.69) is 36.4 Å². The van der Waals surface area contributed by atoms with E-state index in [-0.39, 0.29) is 5.91 Å². The molecule has 10 nitrogen and oxygen atoms in total. The van der Waals surface area contributed by atoms with Crippen LogP contribution in [0, 0.1) is 0 Å². The molecule has 0 saturated heterocycles. The number of aromatic nitrogens is 8. The number of rotatable bonds is 4. The Morgan fingerprint density at radius 2 is 1.52 bits per heavy atom. The zero-order chi connectivity index (χ0) is 17.1. The van der Waals surface area contributed by atoms with E-state index in [1.807, 2.05) is 18.2 Å². The van der Waals surface area contributed by atoms with E-state index in [1.165, 1.54) is 22.0 Å². The Balaban J connectivity index is 1.51. The highest BCUT2D eigenvalue weighted by atomic mass is 16.1. The summed E-state index contributed by atoms with van der Waals surface area (Å²) in [6.07, 6.45) is 2.97. The van der Waals surface area contributed by atoms with E-state index in [4.69, 9.17) is 0 Å². The first-order valence-corrected chi connectivity index (χ1v) is 7.28. The second kappa shape index (κ2) is 6.28. The zero-order valence-corrected chi connectivity index (χ0v) is 12.8. The molecule has 2 aromatic heterocycles. The first-order chi connectivity index (χ1) is 12.3. The number of nitrogens with one attached hydrogen (secondary N) is 1. The number of carbonyl (C=O) groups excluding carboxylic acids is 1. The Labute approximate surface area is 141 Å². The van der Waals surface area contributed by atoms with Gasteiger partial charge in [-0.1, -0.05) is 6.07 Å². The van der Waals surface area contributed by atoms with Crippen LogP contribution in [0.25, 0.3) is 11.4 Å². The van der Waals surface area contributed by atoms with Gasteiger partial charge >= 0.3 is 0 Å². The number of tetrazole rings is 2. The van der Waals surface area contributed by atoms with Gasteiger partial charge in [0.25, 0.3) is 5.91 Å². The first kappa shape index (κ1) is 14.6. The molecule has 4 aromatic rings. The van der Waals surface area contributed by atoms with Crippen molar-refractivity contribution in [3.8, 4) is 11.4 Å². The van der Waals surface area contributed by atoms with Gasteiger partial charge in [0.1, 0.15) is 12.7 Å². The average Bonchev–Trinajstić information content (AvgIpc) is 3.36. The minimum atomic E-state index is -0.231. The summed E-state index contributed by atoms with van der Waals surface area (Å²) in [6, 6.07) is 14.2. The Bertz CT molecular complexity index is 978. The molecule has 0 spiro atoms. The minimum absolute atomic E-state index is 0.231. The molecule has 2 heterocycles. The lowest BCUT2D eigenvalue weighted by atomic mass is 10.2. The summed E-state index contributed by atoms with van der Waals surface area (Å²) >= 11 is 0. The minimum Gasteiger partial charge on any atom is -0.322 e. The van der Waals surface area contributed by atoms with Crippen LogP contribution < -0.4 is 5.32 Å². The van der Waals surface area contributed by atoms with Crippen molar-refractivity contribution in [2.45, 2.75) is 0 Å². The zero-order valence-electron chi connectivity index (χ0n) is 12.8. The number of nitrogens with zero attached hydrogens (tertiary/aromatic N) is 8. The van der Waals surface area contributed by atoms with Crippen molar-refractivity contribution in [3.05, 3.63) is 66.7 Å². The first-order valence-electron chi connectivity index (χ1n) is 7.28. The van der Waals surface area contributed by atoms with Gasteiger partial charge < -0.3 is 5.32 Å². The maximum atomic E-state index is 12.4. The molecule has 2 aromatic carbocycles. The summed E-state index contributed by atoms with van der Waals surface area (Å²) in [6.45, 7) is 0. The van der Waals surface area contributed by atoms with Crippen molar-refractivity contribution in [2.75, 3.05) is 5.32 Å². The Morgan fingerprint density at radius 1 is 0.840 bits per heavy atom. The lowest BCUT2D eigenvalue weighted by Gasteiger charge is -2.07. The van der Waals surface area contributed by atoms with Crippen molar-refractivity contribution >= 4 is 11.6 Å². The highest BCUT2D eigenvalue weighted by molar-refractivity contribution is 6.04. The molecule has 1 amide bonds. The van der Waals surface area contributed by atoms with Gasteiger partial charge in [-0.3, -0.25) is 4.79 Å². The van der Waals surface area contributed by atoms with Gasteiger partial charge in [0.2, 0.25) is 0 Å². The van der Waals surface area contributed by atoms with E-state index in [0.717, 1.165) is 5.69 Å². The van der Waals surface area contributed by atoms with E-state index >= 15 is 0 Å². The fourth-order valence-corrected chi connectivity index (χ4v) is 2.25. The van der Waals surface area contributed by atoms with Gasteiger partial charge in [-0.2, -0.15) is 0 Å². The number of anilines is 1. The van der Waals surface area contributed by atoms with Crippen LogP contribution in [-0.2, 0) is 0 Å². The van der Waals surface area contributed by atoms with Crippen LogP contribution in [0.2, 0.25) is 0 Å². The highest BCUT2D eigenvalue weighted by Crippen LogP contribution is 2.15. The second-order valence-electron chi connectivity index (χ2n) is 5.06. The number of benzene rings is 2. The fraction of sp³-hybridized carbons (Fsp3) is 0. The summed E-state index contributed by atoms with van der Waals surface area (Å²) in [5, 5.41) is 24.8. The largest absolute Gasteiger partial charge is 0.322 e. The van der Waals surface area contributed by atoms with Crippen molar-refractivity contribution in [3.63, 3.8) is 0 Å². The number of hydrogen-bond acceptors (Lipinski definition) is 7. The molecular formula is C15H11N9O. The van der Waals surface area contributed by atoms with Crippen LogP contribution in [0.5, 0.6) is 0 Å². The van der Waals surface area contributed by atoms with E-state index < -0.39 is 0 Å². The van der Waals surface area contributed by atoms with Crippen molar-refractivity contribution < 1.29 is 4.79 Å². The lowest BCUT2D eigenvalue weighted by Crippen LogP contribution is -2.12. The van der Waals surface area contributed by atoms with Crippen LogP contribution in [0.1, 0.15) is 10.4 Å². The van der Waals surface area contributed by atoms with Crippen molar-refractivity contribution in [1.29, 1.82) is 0 Å². The van der Waals surface area contributed by atoms with Gasteiger partial charge in [0.15, 0.2) is 0 Å². The van der Waals surface area contributed by atoms with Gasteiger partial charge in [-0.25, -0.2) is 9.36 Å². The molecule has 0 aliphatic heterocycles. The SMILES string of the molecule is O=C(Nc1ccc(-n2cnnn2)cc1)c1cccc(-n2cnnn2)c1. The van der Waals surface area contributed by atoms with E-state index in [0.29, 0.717) is 16.9 Å². The van der Waals surface area contributed by atoms with E-state index in [1.54, 1.807) is 30.3 Å². The fourth-order valence-electron chi connectivity index (χ4n) is 2.25. The van der Waals surface area contributed by atoms with Gasteiger partial charge in [-0.05, 0) is 63.3 Å². The number of hydrogen-bond donors (Lipinski definition) is 1.